The molecule has 2 N–H and O–H groups in total. The van der Waals surface area contributed by atoms with Gasteiger partial charge >= 0.3 is 5.69 Å². The largest absolute Gasteiger partial charge is 0.368 e. The van der Waals surface area contributed by atoms with Gasteiger partial charge in [0.2, 0.25) is 5.91 Å². The Balaban J connectivity index is 2.80. The summed E-state index contributed by atoms with van der Waals surface area (Å²) in [6.45, 7) is 7.25. The van der Waals surface area contributed by atoms with Crippen LogP contribution >= 0.6 is 0 Å². The van der Waals surface area contributed by atoms with E-state index in [-0.39, 0.29) is 22.8 Å². The van der Waals surface area contributed by atoms with Crippen molar-refractivity contribution in [1.82, 2.24) is 10.3 Å². The van der Waals surface area contributed by atoms with E-state index < -0.39 is 11.0 Å². The van der Waals surface area contributed by atoms with Gasteiger partial charge in [-0.2, -0.15) is 0 Å². The molecule has 0 spiro atoms. The smallest absolute Gasteiger partial charge is 0.310 e. The Bertz CT molecular complexity index is 482. The van der Waals surface area contributed by atoms with Crippen LogP contribution in [-0.4, -0.2) is 27.4 Å². The van der Waals surface area contributed by atoms with Crippen molar-refractivity contribution in [2.45, 2.75) is 39.3 Å². The van der Waals surface area contributed by atoms with Gasteiger partial charge in [-0.15, -0.1) is 0 Å². The van der Waals surface area contributed by atoms with Gasteiger partial charge in [0.25, 0.3) is 0 Å². The summed E-state index contributed by atoms with van der Waals surface area (Å²) in [6.07, 6.45) is 2.58. The Labute approximate surface area is 111 Å². The van der Waals surface area contributed by atoms with Crippen molar-refractivity contribution in [3.05, 3.63) is 28.6 Å². The zero-order valence-electron chi connectivity index (χ0n) is 11.4. The van der Waals surface area contributed by atoms with Crippen molar-refractivity contribution in [3.63, 3.8) is 0 Å². The van der Waals surface area contributed by atoms with Crippen LogP contribution in [0.1, 0.15) is 27.7 Å². The van der Waals surface area contributed by atoms with Crippen molar-refractivity contribution >= 4 is 17.3 Å². The van der Waals surface area contributed by atoms with E-state index in [1.54, 1.807) is 6.92 Å². The van der Waals surface area contributed by atoms with Gasteiger partial charge < -0.3 is 10.6 Å². The fourth-order valence-corrected chi connectivity index (χ4v) is 1.43. The Morgan fingerprint density at radius 3 is 2.63 bits per heavy atom. The highest BCUT2D eigenvalue weighted by molar-refractivity contribution is 5.85. The normalized spacial score (nSPS) is 12.6. The number of nitrogens with one attached hydrogen (secondary N) is 2. The minimum absolute atomic E-state index is 0.155. The third-order valence-corrected chi connectivity index (χ3v) is 2.26. The van der Waals surface area contributed by atoms with Crippen LogP contribution in [0.25, 0.3) is 0 Å². The summed E-state index contributed by atoms with van der Waals surface area (Å²) in [4.78, 5) is 25.9. The minimum atomic E-state index is -0.583. The van der Waals surface area contributed by atoms with Crippen molar-refractivity contribution in [2.24, 2.45) is 0 Å². The first-order valence-corrected chi connectivity index (χ1v) is 5.87. The molecular weight excluding hydrogens is 248 g/mol. The van der Waals surface area contributed by atoms with Crippen molar-refractivity contribution in [3.8, 4) is 0 Å². The van der Waals surface area contributed by atoms with Gasteiger partial charge in [0.15, 0.2) is 0 Å². The molecule has 19 heavy (non-hydrogen) atoms. The molecule has 0 saturated carbocycles. The number of carbonyl (C=O) groups excluding carboxylic acids is 1. The van der Waals surface area contributed by atoms with Crippen molar-refractivity contribution < 1.29 is 9.72 Å². The summed E-state index contributed by atoms with van der Waals surface area (Å²) >= 11 is 0. The number of nitrogens with zero attached hydrogens (tertiary/aromatic N) is 2. The van der Waals surface area contributed by atoms with Gasteiger partial charge in [0.05, 0.1) is 4.92 Å². The Morgan fingerprint density at radius 1 is 1.47 bits per heavy atom. The number of pyridine rings is 1. The number of rotatable bonds is 4. The second-order valence-corrected chi connectivity index (χ2v) is 5.26. The molecule has 0 bridgehead atoms. The minimum Gasteiger partial charge on any atom is -0.368 e. The molecule has 1 rings (SSSR count). The van der Waals surface area contributed by atoms with E-state index in [1.165, 1.54) is 12.3 Å². The zero-order chi connectivity index (χ0) is 14.6. The summed E-state index contributed by atoms with van der Waals surface area (Å²) in [6, 6.07) is 0.888. The zero-order valence-corrected chi connectivity index (χ0v) is 11.4. The molecule has 104 valence electrons. The molecular formula is C12H18N4O3. The van der Waals surface area contributed by atoms with E-state index in [0.29, 0.717) is 0 Å². The molecule has 0 saturated heterocycles. The molecule has 1 aromatic rings. The third-order valence-electron chi connectivity index (χ3n) is 2.26. The average molecular weight is 266 g/mol. The van der Waals surface area contributed by atoms with E-state index in [2.05, 4.69) is 15.6 Å². The van der Waals surface area contributed by atoms with Gasteiger partial charge in [-0.25, -0.2) is 0 Å². The van der Waals surface area contributed by atoms with E-state index in [1.807, 2.05) is 20.8 Å². The van der Waals surface area contributed by atoms with E-state index >= 15 is 0 Å². The Hall–Kier alpha value is -2.18. The highest BCUT2D eigenvalue weighted by Gasteiger charge is 2.22. The van der Waals surface area contributed by atoms with Gasteiger partial charge in [-0.1, -0.05) is 0 Å². The van der Waals surface area contributed by atoms with Crippen LogP contribution in [0, 0.1) is 10.1 Å². The molecule has 1 heterocycles. The predicted molar refractivity (Wildman–Crippen MR) is 71.9 cm³/mol. The van der Waals surface area contributed by atoms with E-state index in [9.17, 15) is 14.9 Å². The van der Waals surface area contributed by atoms with E-state index in [4.69, 9.17) is 0 Å². The number of aromatic nitrogens is 1. The molecule has 1 amide bonds. The Morgan fingerprint density at radius 2 is 2.11 bits per heavy atom. The maximum atomic E-state index is 11.9. The van der Waals surface area contributed by atoms with E-state index in [0.717, 1.165) is 6.20 Å². The Kier molecular flexibility index (Phi) is 4.42. The number of anilines is 1. The molecule has 0 aromatic carbocycles. The summed E-state index contributed by atoms with van der Waals surface area (Å²) < 4.78 is 0. The maximum Gasteiger partial charge on any atom is 0.310 e. The molecule has 0 aliphatic rings. The molecule has 0 fully saturated rings. The SMILES string of the molecule is CC(Nc1ccncc1[N+](=O)[O-])C(=O)NC(C)(C)C. The number of hydrogen-bond acceptors (Lipinski definition) is 5. The van der Waals surface area contributed by atoms with Crippen LogP contribution in [0.15, 0.2) is 18.5 Å². The van der Waals surface area contributed by atoms with Crippen molar-refractivity contribution in [2.75, 3.05) is 5.32 Å². The lowest BCUT2D eigenvalue weighted by atomic mass is 10.1. The first-order chi connectivity index (χ1) is 8.70. The van der Waals surface area contributed by atoms with Crippen LogP contribution in [-0.2, 0) is 4.79 Å². The van der Waals surface area contributed by atoms with Crippen LogP contribution in [0.3, 0.4) is 0 Å². The van der Waals surface area contributed by atoms with Gasteiger partial charge in [0.1, 0.15) is 17.9 Å². The molecule has 0 aliphatic carbocycles. The number of carbonyl (C=O) groups is 1. The van der Waals surface area contributed by atoms with Gasteiger partial charge in [0, 0.05) is 11.7 Å². The van der Waals surface area contributed by atoms with Crippen LogP contribution in [0.5, 0.6) is 0 Å². The summed E-state index contributed by atoms with van der Waals surface area (Å²) in [7, 11) is 0. The molecule has 1 aromatic heterocycles. The predicted octanol–water partition coefficient (Wildman–Crippen LogP) is 1.70. The van der Waals surface area contributed by atoms with Crippen LogP contribution in [0.2, 0.25) is 0 Å². The van der Waals surface area contributed by atoms with Crippen LogP contribution < -0.4 is 10.6 Å². The van der Waals surface area contributed by atoms with Gasteiger partial charge in [-0.05, 0) is 33.8 Å². The lowest BCUT2D eigenvalue weighted by molar-refractivity contribution is -0.384. The third kappa shape index (κ3) is 4.53. The van der Waals surface area contributed by atoms with Crippen molar-refractivity contribution in [1.29, 1.82) is 0 Å². The number of amides is 1. The summed E-state index contributed by atoms with van der Waals surface area (Å²) in [5, 5.41) is 16.4. The number of hydrogen-bond donors (Lipinski definition) is 2. The summed E-state index contributed by atoms with van der Waals surface area (Å²) in [5.74, 6) is -0.224. The highest BCUT2D eigenvalue weighted by atomic mass is 16.6. The topological polar surface area (TPSA) is 97.2 Å². The highest BCUT2D eigenvalue weighted by Crippen LogP contribution is 2.22. The molecule has 7 nitrogen and oxygen atoms in total. The lowest BCUT2D eigenvalue weighted by Crippen LogP contribution is -2.47. The molecule has 7 heteroatoms. The standard InChI is InChI=1S/C12H18N4O3/c1-8(11(17)15-12(2,3)4)14-9-5-6-13-7-10(9)16(18)19/h5-8H,1-4H3,(H,13,14)(H,15,17). The monoisotopic (exact) mass is 266 g/mol. The molecule has 0 aliphatic heterocycles. The fourth-order valence-electron chi connectivity index (χ4n) is 1.43. The fraction of sp³-hybridized carbons (Fsp3) is 0.500. The maximum absolute atomic E-state index is 11.9. The second-order valence-electron chi connectivity index (χ2n) is 5.26. The summed E-state index contributed by atoms with van der Waals surface area (Å²) in [5.41, 5.74) is -0.230. The quantitative estimate of drug-likeness (QED) is 0.638. The lowest BCUT2D eigenvalue weighted by Gasteiger charge is -2.24. The first-order valence-electron chi connectivity index (χ1n) is 5.87. The second kappa shape index (κ2) is 5.64. The van der Waals surface area contributed by atoms with Gasteiger partial charge in [-0.3, -0.25) is 19.9 Å². The molecule has 1 unspecified atom stereocenters. The average Bonchev–Trinajstić information content (AvgIpc) is 2.27. The number of nitro groups is 1. The van der Waals surface area contributed by atoms with Crippen LogP contribution in [0.4, 0.5) is 11.4 Å². The molecule has 1 atom stereocenters. The first kappa shape index (κ1) is 14.9. The molecule has 0 radical (unpaired) electrons.